The number of aryl methyl sites for hydroxylation is 2. The molecule has 0 saturated carbocycles. The molecule has 1 heterocycles. The van der Waals surface area contributed by atoms with Gasteiger partial charge in [-0.1, -0.05) is 23.2 Å². The van der Waals surface area contributed by atoms with Crippen molar-refractivity contribution in [1.29, 1.82) is 0 Å². The molecule has 0 fully saturated rings. The van der Waals surface area contributed by atoms with Crippen molar-refractivity contribution in [3.63, 3.8) is 0 Å². The molecule has 0 bridgehead atoms. The molecule has 0 aliphatic rings. The van der Waals surface area contributed by atoms with Gasteiger partial charge in [0.1, 0.15) is 5.15 Å². The first-order chi connectivity index (χ1) is 7.49. The summed E-state index contributed by atoms with van der Waals surface area (Å²) in [4.78, 5) is 15.5. The van der Waals surface area contributed by atoms with E-state index in [0.717, 1.165) is 22.0 Å². The fraction of sp³-hybridized carbons (Fsp3) is 0.167. The van der Waals surface area contributed by atoms with Crippen LogP contribution >= 0.6 is 23.2 Å². The van der Waals surface area contributed by atoms with Crippen LogP contribution in [-0.2, 0) is 0 Å². The topological polar surface area (TPSA) is 30.0 Å². The lowest BCUT2D eigenvalue weighted by atomic mass is 10.0. The highest BCUT2D eigenvalue weighted by Gasteiger charge is 2.12. The molecule has 0 atom stereocenters. The third-order valence-electron chi connectivity index (χ3n) is 2.43. The molecule has 2 nitrogen and oxygen atoms in total. The Labute approximate surface area is 103 Å². The summed E-state index contributed by atoms with van der Waals surface area (Å²) in [5, 5.41) is 0.518. The first-order valence-electron chi connectivity index (χ1n) is 4.76. The highest BCUT2D eigenvalue weighted by molar-refractivity contribution is 6.68. The Balaban J connectivity index is 2.95. The van der Waals surface area contributed by atoms with E-state index in [1.807, 2.05) is 26.0 Å². The van der Waals surface area contributed by atoms with Gasteiger partial charge in [0.25, 0.3) is 5.24 Å². The number of halogens is 2. The minimum Gasteiger partial charge on any atom is -0.276 e. The summed E-state index contributed by atoms with van der Waals surface area (Å²) in [6.45, 7) is 3.89. The number of rotatable bonds is 1. The predicted molar refractivity (Wildman–Crippen MR) is 66.4 cm³/mol. The maximum absolute atomic E-state index is 11.3. The van der Waals surface area contributed by atoms with Crippen LogP contribution < -0.4 is 0 Å². The van der Waals surface area contributed by atoms with Crippen molar-refractivity contribution in [1.82, 2.24) is 4.98 Å². The molecule has 0 aliphatic heterocycles. The lowest BCUT2D eigenvalue weighted by Gasteiger charge is -2.07. The third-order valence-corrected chi connectivity index (χ3v) is 2.83. The van der Waals surface area contributed by atoms with E-state index < -0.39 is 5.24 Å². The van der Waals surface area contributed by atoms with Crippen LogP contribution in [0.25, 0.3) is 10.9 Å². The SMILES string of the molecule is Cc1cc(C)c2nc(Cl)cc(C(=O)Cl)c2c1. The van der Waals surface area contributed by atoms with Gasteiger partial charge in [-0.15, -0.1) is 0 Å². The van der Waals surface area contributed by atoms with Crippen LogP contribution in [-0.4, -0.2) is 10.2 Å². The summed E-state index contributed by atoms with van der Waals surface area (Å²) in [6.07, 6.45) is 0. The highest BCUT2D eigenvalue weighted by atomic mass is 35.5. The molecule has 16 heavy (non-hydrogen) atoms. The van der Waals surface area contributed by atoms with Crippen molar-refractivity contribution >= 4 is 39.3 Å². The van der Waals surface area contributed by atoms with Crippen molar-refractivity contribution in [3.05, 3.63) is 40.0 Å². The van der Waals surface area contributed by atoms with E-state index in [-0.39, 0.29) is 5.15 Å². The van der Waals surface area contributed by atoms with Crippen molar-refractivity contribution in [2.24, 2.45) is 0 Å². The number of hydrogen-bond donors (Lipinski definition) is 0. The van der Waals surface area contributed by atoms with Crippen molar-refractivity contribution in [3.8, 4) is 0 Å². The normalized spacial score (nSPS) is 10.8. The standard InChI is InChI=1S/C12H9Cl2NO/c1-6-3-7(2)11-8(4-6)9(12(14)16)5-10(13)15-11/h3-5H,1-2H3. The second-order valence-electron chi connectivity index (χ2n) is 3.74. The molecule has 0 saturated heterocycles. The molecule has 4 heteroatoms. The van der Waals surface area contributed by atoms with Crippen molar-refractivity contribution < 1.29 is 4.79 Å². The zero-order valence-electron chi connectivity index (χ0n) is 8.84. The molecular weight excluding hydrogens is 245 g/mol. The zero-order chi connectivity index (χ0) is 11.9. The van der Waals surface area contributed by atoms with Crippen LogP contribution in [0, 0.1) is 13.8 Å². The molecule has 0 amide bonds. The van der Waals surface area contributed by atoms with E-state index in [1.54, 1.807) is 0 Å². The summed E-state index contributed by atoms with van der Waals surface area (Å²) in [5.41, 5.74) is 3.18. The number of benzene rings is 1. The van der Waals surface area contributed by atoms with Crippen molar-refractivity contribution in [2.45, 2.75) is 13.8 Å². The number of aromatic nitrogens is 1. The zero-order valence-corrected chi connectivity index (χ0v) is 10.4. The molecule has 0 spiro atoms. The lowest BCUT2D eigenvalue weighted by molar-refractivity contribution is 0.108. The summed E-state index contributed by atoms with van der Waals surface area (Å²) in [7, 11) is 0. The highest BCUT2D eigenvalue weighted by Crippen LogP contribution is 2.26. The predicted octanol–water partition coefficient (Wildman–Crippen LogP) is 3.88. The number of nitrogens with zero attached hydrogens (tertiary/aromatic N) is 1. The largest absolute Gasteiger partial charge is 0.276 e. The minimum atomic E-state index is -0.515. The molecule has 1 aromatic heterocycles. The minimum absolute atomic E-state index is 0.281. The summed E-state index contributed by atoms with van der Waals surface area (Å²) in [6, 6.07) is 5.38. The monoisotopic (exact) mass is 253 g/mol. The van der Waals surface area contributed by atoms with E-state index in [0.29, 0.717) is 5.56 Å². The lowest BCUT2D eigenvalue weighted by Crippen LogP contribution is -1.96. The first-order valence-corrected chi connectivity index (χ1v) is 5.52. The molecular formula is C12H9Cl2NO. The van der Waals surface area contributed by atoms with E-state index in [9.17, 15) is 4.79 Å². The average molecular weight is 254 g/mol. The number of carbonyl (C=O) groups is 1. The van der Waals surface area contributed by atoms with Gasteiger partial charge in [0.2, 0.25) is 0 Å². The van der Waals surface area contributed by atoms with Crippen LogP contribution in [0.1, 0.15) is 21.5 Å². The summed E-state index contributed by atoms with van der Waals surface area (Å²) in [5.74, 6) is 0. The van der Waals surface area contributed by atoms with Crippen LogP contribution in [0.15, 0.2) is 18.2 Å². The smallest absolute Gasteiger partial charge is 0.253 e. The Morgan fingerprint density at radius 1 is 1.25 bits per heavy atom. The number of hydrogen-bond acceptors (Lipinski definition) is 2. The van der Waals surface area contributed by atoms with Gasteiger partial charge >= 0.3 is 0 Å². The fourth-order valence-electron chi connectivity index (χ4n) is 1.81. The molecule has 2 rings (SSSR count). The summed E-state index contributed by atoms with van der Waals surface area (Å²) < 4.78 is 0. The van der Waals surface area contributed by atoms with E-state index in [1.165, 1.54) is 6.07 Å². The Morgan fingerprint density at radius 3 is 2.56 bits per heavy atom. The van der Waals surface area contributed by atoms with Crippen molar-refractivity contribution in [2.75, 3.05) is 0 Å². The second-order valence-corrected chi connectivity index (χ2v) is 4.47. The van der Waals surface area contributed by atoms with Crippen LogP contribution in [0.4, 0.5) is 0 Å². The Hall–Kier alpha value is -1.12. The number of pyridine rings is 1. The Morgan fingerprint density at radius 2 is 1.94 bits per heavy atom. The van der Waals surface area contributed by atoms with E-state index in [2.05, 4.69) is 4.98 Å². The third kappa shape index (κ3) is 1.91. The van der Waals surface area contributed by atoms with Gasteiger partial charge in [0.15, 0.2) is 0 Å². The molecule has 0 N–H and O–H groups in total. The van der Waals surface area contributed by atoms with E-state index in [4.69, 9.17) is 23.2 Å². The van der Waals surface area contributed by atoms with Gasteiger partial charge < -0.3 is 0 Å². The van der Waals surface area contributed by atoms with Crippen LogP contribution in [0.2, 0.25) is 5.15 Å². The average Bonchev–Trinajstić information content (AvgIpc) is 2.18. The second kappa shape index (κ2) is 4.04. The summed E-state index contributed by atoms with van der Waals surface area (Å²) >= 11 is 11.4. The van der Waals surface area contributed by atoms with Gasteiger partial charge in [0.05, 0.1) is 5.52 Å². The Bertz CT molecular complexity index is 593. The fourth-order valence-corrected chi connectivity index (χ4v) is 2.16. The Kier molecular flexibility index (Phi) is 2.87. The molecule has 0 aliphatic carbocycles. The molecule has 0 unspecified atom stereocenters. The number of carbonyl (C=O) groups excluding carboxylic acids is 1. The van der Waals surface area contributed by atoms with Gasteiger partial charge in [-0.2, -0.15) is 0 Å². The molecule has 82 valence electrons. The van der Waals surface area contributed by atoms with Gasteiger partial charge in [0, 0.05) is 10.9 Å². The van der Waals surface area contributed by atoms with Crippen LogP contribution in [0.5, 0.6) is 0 Å². The molecule has 2 aromatic rings. The quantitative estimate of drug-likeness (QED) is 0.570. The molecule has 1 aromatic carbocycles. The molecule has 0 radical (unpaired) electrons. The van der Waals surface area contributed by atoms with Gasteiger partial charge in [-0.3, -0.25) is 4.79 Å². The maximum atomic E-state index is 11.3. The van der Waals surface area contributed by atoms with Gasteiger partial charge in [-0.25, -0.2) is 4.98 Å². The first kappa shape index (κ1) is 11.4. The van der Waals surface area contributed by atoms with E-state index >= 15 is 0 Å². The maximum Gasteiger partial charge on any atom is 0.253 e. The number of fused-ring (bicyclic) bond motifs is 1. The van der Waals surface area contributed by atoms with Crippen LogP contribution in [0.3, 0.4) is 0 Å². The van der Waals surface area contributed by atoms with Gasteiger partial charge in [-0.05, 0) is 43.1 Å².